The Kier molecular flexibility index (Phi) is 6.80. The number of nitrogens with one attached hydrogen (secondary N) is 1. The van der Waals surface area contributed by atoms with Crippen molar-refractivity contribution in [2.45, 2.75) is 52.2 Å². The number of aliphatic hydroxyl groups excluding tert-OH is 2. The molecule has 3 aliphatic rings. The third-order valence-electron chi connectivity index (χ3n) is 9.20. The fourth-order valence-corrected chi connectivity index (χ4v) is 6.63. The molecule has 2 aliphatic carbocycles. The summed E-state index contributed by atoms with van der Waals surface area (Å²) < 4.78 is 0. The molecule has 2 amide bonds. The Morgan fingerprint density at radius 1 is 1.17 bits per heavy atom. The van der Waals surface area contributed by atoms with Crippen LogP contribution in [-0.4, -0.2) is 76.8 Å². The topological polar surface area (TPSA) is 136 Å². The molecule has 1 aromatic rings. The lowest BCUT2D eigenvalue weighted by Gasteiger charge is -2.37. The number of carbonyl (C=O) groups excluding carboxylic acids is 2. The first-order valence-electron chi connectivity index (χ1n) is 12.4. The number of piperazine rings is 1. The minimum Gasteiger partial charge on any atom is -0.394 e. The molecule has 1 aromatic carbocycles. The molecule has 5 atom stereocenters. The molecule has 1 saturated heterocycles. The second-order valence-corrected chi connectivity index (χ2v) is 11.0. The van der Waals surface area contributed by atoms with Crippen LogP contribution in [0.3, 0.4) is 0 Å². The Labute approximate surface area is 205 Å². The molecule has 1 heterocycles. The molecule has 4 rings (SSSR count). The number of hydrogen-bond donors (Lipinski definition) is 3. The van der Waals surface area contributed by atoms with Gasteiger partial charge >= 0.3 is 0 Å². The molecule has 2 saturated carbocycles. The van der Waals surface area contributed by atoms with Crippen molar-refractivity contribution in [2.24, 2.45) is 22.7 Å². The zero-order valence-electron chi connectivity index (χ0n) is 20.6. The van der Waals surface area contributed by atoms with Gasteiger partial charge in [0, 0.05) is 50.4 Å². The molecular weight excluding hydrogens is 452 g/mol. The number of nitrogens with zero attached hydrogens (tertiary/aromatic N) is 3. The van der Waals surface area contributed by atoms with Gasteiger partial charge in [0.05, 0.1) is 17.6 Å². The number of non-ortho nitro benzene ring substituents is 1. The lowest BCUT2D eigenvalue weighted by Crippen LogP contribution is -2.56. The van der Waals surface area contributed by atoms with E-state index in [1.807, 2.05) is 4.90 Å². The second-order valence-electron chi connectivity index (χ2n) is 11.0. The summed E-state index contributed by atoms with van der Waals surface area (Å²) in [5, 5.41) is 34.3. The first-order chi connectivity index (χ1) is 16.5. The van der Waals surface area contributed by atoms with Gasteiger partial charge in [-0.2, -0.15) is 0 Å². The van der Waals surface area contributed by atoms with Crippen LogP contribution in [0.4, 0.5) is 11.4 Å². The normalized spacial score (nSPS) is 30.3. The first-order valence-corrected chi connectivity index (χ1v) is 12.4. The van der Waals surface area contributed by atoms with Gasteiger partial charge in [-0.15, -0.1) is 0 Å². The van der Waals surface area contributed by atoms with Crippen molar-refractivity contribution in [3.05, 3.63) is 34.4 Å². The quantitative estimate of drug-likeness (QED) is 0.391. The fraction of sp³-hybridized carbons (Fsp3) is 0.680. The van der Waals surface area contributed by atoms with Crippen molar-refractivity contribution in [3.8, 4) is 0 Å². The van der Waals surface area contributed by atoms with Crippen molar-refractivity contribution in [2.75, 3.05) is 37.7 Å². The number of fused-ring (bicyclic) bond motifs is 2. The lowest BCUT2D eigenvalue weighted by molar-refractivity contribution is -0.384. The van der Waals surface area contributed by atoms with Crippen molar-refractivity contribution < 1.29 is 24.7 Å². The molecule has 4 unspecified atom stereocenters. The molecule has 10 heteroatoms. The summed E-state index contributed by atoms with van der Waals surface area (Å²) in [6, 6.07) is 5.28. The van der Waals surface area contributed by atoms with E-state index in [9.17, 15) is 29.9 Å². The minimum absolute atomic E-state index is 0.0275. The van der Waals surface area contributed by atoms with Gasteiger partial charge in [0.1, 0.15) is 6.04 Å². The van der Waals surface area contributed by atoms with Crippen molar-refractivity contribution in [3.63, 3.8) is 0 Å². The number of nitro benzene ring substituents is 1. The summed E-state index contributed by atoms with van der Waals surface area (Å²) >= 11 is 0. The van der Waals surface area contributed by atoms with E-state index in [2.05, 4.69) is 26.1 Å². The SMILES string of the molecule is CC1(C)C2CCC1(C)C(O)C2CC(=O)N[C@@H](CO)C(=O)N1CCN(c2ccc([N+](=O)[O-])cc2)CC1. The van der Waals surface area contributed by atoms with E-state index < -0.39 is 23.7 Å². The van der Waals surface area contributed by atoms with Gasteiger partial charge in [0.25, 0.3) is 5.69 Å². The molecule has 1 aliphatic heterocycles. The summed E-state index contributed by atoms with van der Waals surface area (Å²) in [5.74, 6) is -0.546. The van der Waals surface area contributed by atoms with Gasteiger partial charge in [0.15, 0.2) is 0 Å². The second kappa shape index (κ2) is 9.39. The molecule has 2 bridgehead atoms. The minimum atomic E-state index is -1.02. The number of amides is 2. The number of carbonyl (C=O) groups is 2. The monoisotopic (exact) mass is 488 g/mol. The van der Waals surface area contributed by atoms with E-state index in [0.717, 1.165) is 18.5 Å². The maximum atomic E-state index is 13.0. The van der Waals surface area contributed by atoms with Crippen LogP contribution in [0.5, 0.6) is 0 Å². The van der Waals surface area contributed by atoms with Crippen molar-refractivity contribution in [1.29, 1.82) is 0 Å². The van der Waals surface area contributed by atoms with Crippen LogP contribution in [0.1, 0.15) is 40.0 Å². The third-order valence-corrected chi connectivity index (χ3v) is 9.20. The molecule has 35 heavy (non-hydrogen) atoms. The molecular formula is C25H36N4O6. The van der Waals surface area contributed by atoms with Crippen LogP contribution in [0.2, 0.25) is 0 Å². The highest BCUT2D eigenvalue weighted by atomic mass is 16.6. The van der Waals surface area contributed by atoms with Gasteiger partial charge in [-0.3, -0.25) is 19.7 Å². The van der Waals surface area contributed by atoms with E-state index in [4.69, 9.17) is 0 Å². The molecule has 3 fully saturated rings. The molecule has 3 N–H and O–H groups in total. The Morgan fingerprint density at radius 2 is 1.80 bits per heavy atom. The highest BCUT2D eigenvalue weighted by Gasteiger charge is 2.65. The van der Waals surface area contributed by atoms with Crippen LogP contribution < -0.4 is 10.2 Å². The van der Waals surface area contributed by atoms with Crippen molar-refractivity contribution in [1.82, 2.24) is 10.2 Å². The third kappa shape index (κ3) is 4.38. The average molecular weight is 489 g/mol. The van der Waals surface area contributed by atoms with Crippen LogP contribution in [0.15, 0.2) is 24.3 Å². The van der Waals surface area contributed by atoms with Gasteiger partial charge in [-0.25, -0.2) is 0 Å². The van der Waals surface area contributed by atoms with E-state index >= 15 is 0 Å². The van der Waals surface area contributed by atoms with Gasteiger partial charge < -0.3 is 25.3 Å². The number of hydrogen-bond acceptors (Lipinski definition) is 7. The van der Waals surface area contributed by atoms with Gasteiger partial charge in [0.2, 0.25) is 11.8 Å². The number of anilines is 1. The molecule has 0 radical (unpaired) electrons. The van der Waals surface area contributed by atoms with E-state index in [1.54, 1.807) is 17.0 Å². The van der Waals surface area contributed by atoms with E-state index in [-0.39, 0.29) is 46.6 Å². The summed E-state index contributed by atoms with van der Waals surface area (Å²) in [4.78, 5) is 39.9. The number of nitro groups is 1. The zero-order chi connectivity index (χ0) is 25.5. The predicted molar refractivity (Wildman–Crippen MR) is 130 cm³/mol. The van der Waals surface area contributed by atoms with Gasteiger partial charge in [-0.1, -0.05) is 20.8 Å². The smallest absolute Gasteiger partial charge is 0.269 e. The van der Waals surface area contributed by atoms with Gasteiger partial charge in [-0.05, 0) is 47.6 Å². The lowest BCUT2D eigenvalue weighted by atomic mass is 9.70. The van der Waals surface area contributed by atoms with E-state index in [0.29, 0.717) is 26.2 Å². The molecule has 10 nitrogen and oxygen atoms in total. The Morgan fingerprint density at radius 3 is 2.31 bits per heavy atom. The highest BCUT2D eigenvalue weighted by molar-refractivity contribution is 5.88. The first kappa shape index (κ1) is 25.4. The average Bonchev–Trinajstić information content (AvgIpc) is 3.15. The van der Waals surface area contributed by atoms with Crippen LogP contribution in [-0.2, 0) is 9.59 Å². The van der Waals surface area contributed by atoms with E-state index in [1.165, 1.54) is 12.1 Å². The van der Waals surface area contributed by atoms with Crippen molar-refractivity contribution >= 4 is 23.2 Å². The summed E-state index contributed by atoms with van der Waals surface area (Å²) in [6.45, 7) is 7.86. The largest absolute Gasteiger partial charge is 0.394 e. The molecule has 0 spiro atoms. The summed E-state index contributed by atoms with van der Waals surface area (Å²) in [5.41, 5.74) is 0.612. The number of benzene rings is 1. The Balaban J connectivity index is 1.31. The predicted octanol–water partition coefficient (Wildman–Crippen LogP) is 1.54. The summed E-state index contributed by atoms with van der Waals surface area (Å²) in [7, 11) is 0. The molecule has 192 valence electrons. The zero-order valence-corrected chi connectivity index (χ0v) is 20.6. The Bertz CT molecular complexity index is 975. The fourth-order valence-electron chi connectivity index (χ4n) is 6.63. The highest BCUT2D eigenvalue weighted by Crippen LogP contribution is 2.68. The Hall–Kier alpha value is -2.72. The van der Waals surface area contributed by atoms with Crippen LogP contribution >= 0.6 is 0 Å². The standard InChI is InChI=1S/C25H36N4O6/c1-24(2)19-8-9-25(24,3)22(32)18(19)14-21(31)26-20(15-30)23(33)28-12-10-27(11-13-28)16-4-6-17(7-5-16)29(34)35/h4-7,18-20,22,30,32H,8-15H2,1-3H3,(H,26,31)/t18?,19?,20-,22?,25?/m0/s1. The summed E-state index contributed by atoms with van der Waals surface area (Å²) in [6.07, 6.45) is 1.52. The number of aliphatic hydroxyl groups is 2. The molecule has 0 aromatic heterocycles. The maximum absolute atomic E-state index is 13.0. The van der Waals surface area contributed by atoms with Crippen LogP contribution in [0.25, 0.3) is 0 Å². The number of rotatable bonds is 7. The maximum Gasteiger partial charge on any atom is 0.269 e. The van der Waals surface area contributed by atoms with Crippen LogP contribution in [0, 0.1) is 32.8 Å².